The van der Waals surface area contributed by atoms with Gasteiger partial charge >= 0.3 is 0 Å². The molecule has 33 heavy (non-hydrogen) atoms. The van der Waals surface area contributed by atoms with E-state index >= 15 is 0 Å². The smallest absolute Gasteiger partial charge is 0.241 e. The van der Waals surface area contributed by atoms with Crippen LogP contribution in [-0.2, 0) is 14.3 Å². The maximum Gasteiger partial charge on any atom is 0.241 e. The first-order valence-electron chi connectivity index (χ1n) is 10.5. The summed E-state index contributed by atoms with van der Waals surface area (Å²) in [6.07, 6.45) is -1.07. The Balaban J connectivity index is 1.55. The number of hydrogen-bond donors (Lipinski definition) is 0. The molecule has 162 valence electrons. The molecule has 3 aliphatic rings. The largest absolute Gasteiger partial charge is 0.349 e. The molecule has 3 aromatic carbocycles. The van der Waals surface area contributed by atoms with E-state index < -0.39 is 52.7 Å². The Morgan fingerprint density at radius 2 is 1.30 bits per heavy atom. The minimum Gasteiger partial charge on any atom is -0.349 e. The van der Waals surface area contributed by atoms with E-state index in [1.807, 2.05) is 0 Å². The Hall–Kier alpha value is -3.97. The van der Waals surface area contributed by atoms with Crippen LogP contribution in [0.3, 0.4) is 0 Å². The number of anilines is 1. The molecule has 7 heteroatoms. The predicted molar refractivity (Wildman–Crippen MR) is 114 cm³/mol. The molecule has 3 atom stereocenters. The van der Waals surface area contributed by atoms with E-state index in [-0.39, 0.29) is 11.1 Å². The number of ether oxygens (including phenoxy) is 1. The first-order chi connectivity index (χ1) is 15.9. The monoisotopic (exact) mass is 441 g/mol. The minimum atomic E-state index is -2.14. The number of Topliss-reactive ketones (excluding diaryl/α,β-unsaturated/α-hetero) is 2. The van der Waals surface area contributed by atoms with Crippen molar-refractivity contribution in [2.24, 2.45) is 11.8 Å². The number of amides is 2. The lowest BCUT2D eigenvalue weighted by Crippen LogP contribution is -2.51. The van der Waals surface area contributed by atoms with Crippen molar-refractivity contribution >= 4 is 29.1 Å². The number of carbonyl (C=O) groups is 4. The fraction of sp³-hybridized carbons (Fsp3) is 0.154. The molecule has 6 rings (SSSR count). The number of rotatable bonds is 2. The van der Waals surface area contributed by atoms with Crippen LogP contribution in [0.1, 0.15) is 32.4 Å². The molecule has 1 spiro atoms. The molecule has 2 amide bonds. The predicted octanol–water partition coefficient (Wildman–Crippen LogP) is 3.52. The van der Waals surface area contributed by atoms with Gasteiger partial charge in [0.1, 0.15) is 5.82 Å². The Bertz CT molecular complexity index is 1320. The van der Waals surface area contributed by atoms with Crippen LogP contribution in [0.25, 0.3) is 0 Å². The van der Waals surface area contributed by atoms with Crippen molar-refractivity contribution in [3.63, 3.8) is 0 Å². The van der Waals surface area contributed by atoms with Gasteiger partial charge in [-0.2, -0.15) is 0 Å². The summed E-state index contributed by atoms with van der Waals surface area (Å²) in [4.78, 5) is 55.5. The Labute approximate surface area is 187 Å². The average Bonchev–Trinajstić information content (AvgIpc) is 3.40. The van der Waals surface area contributed by atoms with Crippen LogP contribution in [0.5, 0.6) is 0 Å². The van der Waals surface area contributed by atoms with Crippen LogP contribution < -0.4 is 4.90 Å². The maximum absolute atomic E-state index is 13.7. The molecule has 0 saturated carbocycles. The summed E-state index contributed by atoms with van der Waals surface area (Å²) < 4.78 is 19.7. The second-order valence-electron chi connectivity index (χ2n) is 8.38. The zero-order valence-corrected chi connectivity index (χ0v) is 17.1. The third-order valence-corrected chi connectivity index (χ3v) is 6.73. The number of hydrogen-bond acceptors (Lipinski definition) is 5. The highest BCUT2D eigenvalue weighted by molar-refractivity contribution is 6.37. The van der Waals surface area contributed by atoms with Crippen molar-refractivity contribution in [1.82, 2.24) is 0 Å². The van der Waals surface area contributed by atoms with Gasteiger partial charge in [-0.05, 0) is 29.8 Å². The van der Waals surface area contributed by atoms with Crippen molar-refractivity contribution in [2.75, 3.05) is 4.90 Å². The number of para-hydroxylation sites is 1. The normalized spacial score (nSPS) is 25.1. The summed E-state index contributed by atoms with van der Waals surface area (Å²) in [6, 6.07) is 20.0. The molecule has 0 N–H and O–H groups in total. The molecule has 0 bridgehead atoms. The summed E-state index contributed by atoms with van der Waals surface area (Å²) >= 11 is 0. The van der Waals surface area contributed by atoms with Crippen molar-refractivity contribution in [3.8, 4) is 0 Å². The average molecular weight is 441 g/mol. The number of fused-ring (bicyclic) bond motifs is 3. The van der Waals surface area contributed by atoms with Gasteiger partial charge in [-0.1, -0.05) is 54.6 Å². The second kappa shape index (κ2) is 6.76. The number of halogens is 1. The summed E-state index contributed by atoms with van der Waals surface area (Å²) in [5.41, 5.74) is -1.04. The lowest BCUT2D eigenvalue weighted by molar-refractivity contribution is -0.127. The number of benzene rings is 3. The molecule has 2 fully saturated rings. The van der Waals surface area contributed by atoms with Crippen molar-refractivity contribution in [2.45, 2.75) is 11.7 Å². The molecule has 0 radical (unpaired) electrons. The topological polar surface area (TPSA) is 80.8 Å². The van der Waals surface area contributed by atoms with Crippen molar-refractivity contribution in [3.05, 3.63) is 101 Å². The van der Waals surface area contributed by atoms with Crippen LogP contribution in [0.4, 0.5) is 10.1 Å². The number of nitrogens with zero attached hydrogens (tertiary/aromatic N) is 1. The SMILES string of the molecule is O=C1[C@H]2[C@@H](C(=O)N1c1ccccc1)C1(O[C@H]2c2ccc(F)cc2)C(=O)c2ccccc2C1=O. The minimum absolute atomic E-state index is 0.166. The Morgan fingerprint density at radius 3 is 1.91 bits per heavy atom. The molecule has 2 saturated heterocycles. The molecule has 0 unspecified atom stereocenters. The number of ketones is 2. The van der Waals surface area contributed by atoms with E-state index in [9.17, 15) is 23.6 Å². The zero-order chi connectivity index (χ0) is 22.9. The second-order valence-corrected chi connectivity index (χ2v) is 8.38. The van der Waals surface area contributed by atoms with Gasteiger partial charge in [0.15, 0.2) is 0 Å². The summed E-state index contributed by atoms with van der Waals surface area (Å²) in [5, 5.41) is 0. The van der Waals surface area contributed by atoms with E-state index in [1.165, 1.54) is 36.4 Å². The number of carbonyl (C=O) groups excluding carboxylic acids is 4. The number of imide groups is 1. The molecule has 2 aliphatic heterocycles. The molecule has 1 aliphatic carbocycles. The highest BCUT2D eigenvalue weighted by Crippen LogP contribution is 2.57. The third-order valence-electron chi connectivity index (χ3n) is 6.73. The van der Waals surface area contributed by atoms with E-state index in [0.29, 0.717) is 11.3 Å². The van der Waals surface area contributed by atoms with Gasteiger partial charge in [-0.3, -0.25) is 19.2 Å². The van der Waals surface area contributed by atoms with Crippen LogP contribution in [0.2, 0.25) is 0 Å². The van der Waals surface area contributed by atoms with Crippen molar-refractivity contribution in [1.29, 1.82) is 0 Å². The van der Waals surface area contributed by atoms with Crippen LogP contribution in [-0.4, -0.2) is 29.0 Å². The summed E-state index contributed by atoms with van der Waals surface area (Å²) in [5.74, 6) is -5.38. The van der Waals surface area contributed by atoms with Crippen LogP contribution in [0.15, 0.2) is 78.9 Å². The highest BCUT2D eigenvalue weighted by atomic mass is 19.1. The van der Waals surface area contributed by atoms with E-state index in [4.69, 9.17) is 4.74 Å². The molecule has 0 aromatic heterocycles. The Morgan fingerprint density at radius 1 is 0.727 bits per heavy atom. The first kappa shape index (κ1) is 19.7. The van der Waals surface area contributed by atoms with Gasteiger partial charge in [-0.25, -0.2) is 9.29 Å². The fourth-order valence-electron chi connectivity index (χ4n) is 5.30. The Kier molecular flexibility index (Phi) is 4.04. The van der Waals surface area contributed by atoms with E-state index in [1.54, 1.807) is 42.5 Å². The third kappa shape index (κ3) is 2.45. The van der Waals surface area contributed by atoms with Crippen molar-refractivity contribution < 1.29 is 28.3 Å². The zero-order valence-electron chi connectivity index (χ0n) is 17.1. The molecule has 3 aromatic rings. The van der Waals surface area contributed by atoms with E-state index in [0.717, 1.165) is 4.90 Å². The van der Waals surface area contributed by atoms with Crippen LogP contribution >= 0.6 is 0 Å². The van der Waals surface area contributed by atoms with Gasteiger partial charge in [-0.15, -0.1) is 0 Å². The molecule has 6 nitrogen and oxygen atoms in total. The highest BCUT2D eigenvalue weighted by Gasteiger charge is 2.74. The van der Waals surface area contributed by atoms with Crippen LogP contribution in [0, 0.1) is 17.7 Å². The van der Waals surface area contributed by atoms with Gasteiger partial charge in [0.05, 0.1) is 23.6 Å². The standard InChI is InChI=1S/C26H16FNO5/c27-15-12-10-14(11-13-15)21-19-20(25(32)28(24(19)31)16-6-2-1-3-7-16)26(33-21)22(29)17-8-4-5-9-18(17)23(26)30/h1-13,19-21H/t19-,20-,21-/m0/s1. The molecular formula is C26H16FNO5. The first-order valence-corrected chi connectivity index (χ1v) is 10.5. The van der Waals surface area contributed by atoms with Gasteiger partial charge in [0.25, 0.3) is 0 Å². The van der Waals surface area contributed by atoms with Gasteiger partial charge < -0.3 is 4.74 Å². The summed E-state index contributed by atoms with van der Waals surface area (Å²) in [7, 11) is 0. The van der Waals surface area contributed by atoms with E-state index in [2.05, 4.69) is 0 Å². The molecule has 2 heterocycles. The fourth-order valence-corrected chi connectivity index (χ4v) is 5.30. The quantitative estimate of drug-likeness (QED) is 0.449. The van der Waals surface area contributed by atoms with Gasteiger partial charge in [0, 0.05) is 11.1 Å². The maximum atomic E-state index is 13.7. The summed E-state index contributed by atoms with van der Waals surface area (Å²) in [6.45, 7) is 0. The molecular weight excluding hydrogens is 425 g/mol. The lowest BCUT2D eigenvalue weighted by atomic mass is 9.77. The lowest BCUT2D eigenvalue weighted by Gasteiger charge is -2.27. The van der Waals surface area contributed by atoms with Gasteiger partial charge in [0.2, 0.25) is 29.0 Å².